The molecule has 0 saturated carbocycles. The Morgan fingerprint density at radius 2 is 2.06 bits per heavy atom. The number of aliphatic hydroxyl groups excluding tert-OH is 1. The van der Waals surface area contributed by atoms with Gasteiger partial charge in [-0.2, -0.15) is 13.7 Å². The van der Waals surface area contributed by atoms with E-state index in [-0.39, 0.29) is 19.4 Å². The highest BCUT2D eigenvalue weighted by molar-refractivity contribution is 7.73. The normalized spacial score (nSPS) is 24.6. The molecule has 1 amide bonds. The van der Waals surface area contributed by atoms with E-state index in [9.17, 15) is 23.6 Å². The van der Waals surface area contributed by atoms with Gasteiger partial charge in [-0.05, 0) is 36.4 Å². The minimum atomic E-state index is -2.35. The third kappa shape index (κ3) is 4.49. The molecular weight excluding hydrogens is 456 g/mol. The van der Waals surface area contributed by atoms with E-state index in [1.807, 2.05) is 6.07 Å². The molecule has 2 aromatic rings. The lowest BCUT2D eigenvalue weighted by Crippen LogP contribution is -2.54. The van der Waals surface area contributed by atoms with Gasteiger partial charge in [-0.15, -0.1) is 0 Å². The zero-order valence-corrected chi connectivity index (χ0v) is 18.3. The van der Waals surface area contributed by atoms with Crippen LogP contribution in [0, 0.1) is 11.3 Å². The zero-order chi connectivity index (χ0) is 22.8. The van der Waals surface area contributed by atoms with Crippen molar-refractivity contribution in [3.63, 3.8) is 0 Å². The van der Waals surface area contributed by atoms with Crippen molar-refractivity contribution >= 4 is 32.7 Å². The Labute approximate surface area is 190 Å². The molecule has 0 bridgehead atoms. The van der Waals surface area contributed by atoms with E-state index in [2.05, 4.69) is 5.32 Å². The maximum atomic E-state index is 12.9. The van der Waals surface area contributed by atoms with Crippen molar-refractivity contribution < 1.29 is 27.8 Å². The van der Waals surface area contributed by atoms with Gasteiger partial charge in [0.2, 0.25) is 10.3 Å². The van der Waals surface area contributed by atoms with E-state index < -0.39 is 40.6 Å². The summed E-state index contributed by atoms with van der Waals surface area (Å²) in [5.41, 5.74) is 1.08. The zero-order valence-electron chi connectivity index (χ0n) is 16.7. The highest BCUT2D eigenvalue weighted by atomic mass is 35.5. The average molecular weight is 475 g/mol. The van der Waals surface area contributed by atoms with Crippen molar-refractivity contribution in [2.24, 2.45) is 0 Å². The third-order valence-electron chi connectivity index (χ3n) is 5.53. The molecule has 0 spiro atoms. The summed E-state index contributed by atoms with van der Waals surface area (Å²) in [4.78, 5) is 13.2. The quantitative estimate of drug-likeness (QED) is 0.652. The van der Waals surface area contributed by atoms with Crippen molar-refractivity contribution in [2.75, 3.05) is 6.61 Å². The summed E-state index contributed by atoms with van der Waals surface area (Å²) in [5, 5.41) is 23.6. The lowest BCUT2D eigenvalue weighted by molar-refractivity contribution is -0.0964. The molecule has 2 aliphatic rings. The summed E-state index contributed by atoms with van der Waals surface area (Å²) in [6.07, 6.45) is -2.55. The number of carbonyl (C=O) groups excluding carboxylic acids is 1. The topological polar surface area (TPSA) is 126 Å². The van der Waals surface area contributed by atoms with Crippen LogP contribution in [0.15, 0.2) is 42.5 Å². The molecule has 2 aromatic carbocycles. The molecule has 4 unspecified atom stereocenters. The molecule has 4 atom stereocenters. The van der Waals surface area contributed by atoms with Crippen LogP contribution in [0.2, 0.25) is 5.02 Å². The van der Waals surface area contributed by atoms with Gasteiger partial charge in [-0.3, -0.25) is 4.79 Å². The van der Waals surface area contributed by atoms with E-state index in [0.29, 0.717) is 32.3 Å². The van der Waals surface area contributed by atoms with Crippen molar-refractivity contribution in [3.05, 3.63) is 64.2 Å². The highest BCUT2D eigenvalue weighted by Gasteiger charge is 2.44. The number of nitrogens with one attached hydrogen (secondary N) is 1. The van der Waals surface area contributed by atoms with Gasteiger partial charge >= 0.3 is 0 Å². The fourth-order valence-electron chi connectivity index (χ4n) is 3.94. The molecule has 0 aliphatic carbocycles. The number of nitrogens with zero attached hydrogens (tertiary/aromatic N) is 1. The standard InChI is InChI=1S/C22H19ClN2O6S/c23-14-3-1-2-13(9-14)22(27)25-19-16-8-12(11-24)4-5-17(16)31-21(20(19)26)18-10-15(32(28)29)6-7-30-18/h1-5,8-9,18-21,26H,6-7,10H2,(H,25,27). The summed E-state index contributed by atoms with van der Waals surface area (Å²) in [6.45, 7) is 0.181. The summed E-state index contributed by atoms with van der Waals surface area (Å²) in [5.74, 6) is -0.0994. The molecule has 8 nitrogen and oxygen atoms in total. The van der Waals surface area contributed by atoms with Crippen molar-refractivity contribution in [1.82, 2.24) is 5.32 Å². The first-order valence-electron chi connectivity index (χ1n) is 9.88. The van der Waals surface area contributed by atoms with Gasteiger partial charge < -0.3 is 19.9 Å². The maximum Gasteiger partial charge on any atom is 0.251 e. The van der Waals surface area contributed by atoms with E-state index in [1.54, 1.807) is 36.4 Å². The number of rotatable bonds is 3. The molecule has 1 fully saturated rings. The fourth-order valence-corrected chi connectivity index (χ4v) is 4.68. The van der Waals surface area contributed by atoms with E-state index in [1.165, 1.54) is 6.07 Å². The van der Waals surface area contributed by atoms with Gasteiger partial charge in [-0.1, -0.05) is 17.7 Å². The van der Waals surface area contributed by atoms with Gasteiger partial charge in [0.1, 0.15) is 18.0 Å². The molecule has 2 heterocycles. The van der Waals surface area contributed by atoms with E-state index >= 15 is 0 Å². The van der Waals surface area contributed by atoms with Crippen molar-refractivity contribution in [2.45, 2.75) is 37.2 Å². The summed E-state index contributed by atoms with van der Waals surface area (Å²) in [6, 6.07) is 12.2. The number of benzene rings is 2. The largest absolute Gasteiger partial charge is 0.485 e. The van der Waals surface area contributed by atoms with Gasteiger partial charge in [0, 0.05) is 29.0 Å². The second-order valence-electron chi connectivity index (χ2n) is 7.54. The minimum absolute atomic E-state index is 0.0818. The van der Waals surface area contributed by atoms with E-state index in [0.717, 1.165) is 0 Å². The van der Waals surface area contributed by atoms with Crippen LogP contribution in [0.4, 0.5) is 0 Å². The predicted molar refractivity (Wildman–Crippen MR) is 116 cm³/mol. The Morgan fingerprint density at radius 1 is 1.25 bits per heavy atom. The molecule has 1 saturated heterocycles. The van der Waals surface area contributed by atoms with Crippen LogP contribution in [-0.4, -0.2) is 49.2 Å². The minimum Gasteiger partial charge on any atom is -0.485 e. The number of amides is 1. The lowest BCUT2D eigenvalue weighted by atomic mass is 9.88. The maximum absolute atomic E-state index is 12.9. The van der Waals surface area contributed by atoms with Gasteiger partial charge in [-0.25, -0.2) is 0 Å². The molecule has 4 rings (SSSR count). The Balaban J connectivity index is 1.69. The summed E-state index contributed by atoms with van der Waals surface area (Å²) >= 11 is 5.99. The molecule has 10 heteroatoms. The van der Waals surface area contributed by atoms with Crippen LogP contribution in [0.5, 0.6) is 5.75 Å². The molecule has 0 aromatic heterocycles. The van der Waals surface area contributed by atoms with Crippen molar-refractivity contribution in [3.8, 4) is 11.8 Å². The number of carbonyl (C=O) groups is 1. The number of ether oxygens (including phenoxy) is 2. The molecule has 2 N–H and O–H groups in total. The first-order valence-corrected chi connectivity index (χ1v) is 11.3. The number of halogens is 1. The second kappa shape index (κ2) is 9.30. The Morgan fingerprint density at radius 3 is 2.78 bits per heavy atom. The monoisotopic (exact) mass is 474 g/mol. The number of fused-ring (bicyclic) bond motifs is 1. The molecule has 2 aliphatic heterocycles. The number of hydrogen-bond acceptors (Lipinski definition) is 7. The smallest absolute Gasteiger partial charge is 0.251 e. The van der Waals surface area contributed by atoms with Crippen molar-refractivity contribution in [1.29, 1.82) is 5.26 Å². The van der Waals surface area contributed by atoms with Crippen LogP contribution in [0.25, 0.3) is 0 Å². The Hall–Kier alpha value is -2.90. The van der Waals surface area contributed by atoms with Crippen LogP contribution in [0.1, 0.15) is 40.4 Å². The highest BCUT2D eigenvalue weighted by Crippen LogP contribution is 2.38. The SMILES string of the molecule is N#Cc1ccc2c(c1)C(NC(=O)c1cccc(Cl)c1)C(O)C(C1CC(=S(=O)=O)CCO1)O2. The molecule has 0 radical (unpaired) electrons. The summed E-state index contributed by atoms with van der Waals surface area (Å²) in [7, 11) is -2.35. The number of nitriles is 1. The number of hydrogen-bond donors (Lipinski definition) is 2. The Bertz CT molecular complexity index is 1230. The molecule has 166 valence electrons. The molecule has 32 heavy (non-hydrogen) atoms. The summed E-state index contributed by atoms with van der Waals surface area (Å²) < 4.78 is 34.6. The van der Waals surface area contributed by atoms with Crippen LogP contribution in [0.3, 0.4) is 0 Å². The van der Waals surface area contributed by atoms with Crippen LogP contribution < -0.4 is 10.1 Å². The first kappa shape index (κ1) is 22.3. The Kier molecular flexibility index (Phi) is 6.48. The molecular formula is C22H19ClN2O6S. The third-order valence-corrected chi connectivity index (χ3v) is 6.61. The second-order valence-corrected chi connectivity index (χ2v) is 9.02. The lowest BCUT2D eigenvalue weighted by Gasteiger charge is -2.41. The van der Waals surface area contributed by atoms with E-state index in [4.69, 9.17) is 21.1 Å². The number of aliphatic hydroxyl groups is 1. The first-order chi connectivity index (χ1) is 15.4. The van der Waals surface area contributed by atoms with Gasteiger partial charge in [0.05, 0.1) is 29.1 Å². The van der Waals surface area contributed by atoms with Gasteiger partial charge in [0.25, 0.3) is 5.91 Å². The predicted octanol–water partition coefficient (Wildman–Crippen LogP) is 2.04. The van der Waals surface area contributed by atoms with Crippen LogP contribution in [-0.2, 0) is 15.0 Å². The average Bonchev–Trinajstić information content (AvgIpc) is 2.80. The van der Waals surface area contributed by atoms with Gasteiger partial charge in [0.15, 0.2) is 6.10 Å². The van der Waals surface area contributed by atoms with Crippen LogP contribution >= 0.6 is 11.6 Å². The fraction of sp³-hybridized carbons (Fsp3) is 0.318.